The molecule has 0 spiro atoms. The van der Waals surface area contributed by atoms with E-state index in [9.17, 15) is 19.3 Å². The Bertz CT molecular complexity index is 1320. The molecule has 0 aliphatic carbocycles. The number of fused-ring (bicyclic) bond motifs is 1. The van der Waals surface area contributed by atoms with Gasteiger partial charge in [-0.2, -0.15) is 0 Å². The normalized spacial score (nSPS) is 11.9. The van der Waals surface area contributed by atoms with Crippen molar-refractivity contribution in [3.63, 3.8) is 0 Å². The molecule has 0 radical (unpaired) electrons. The van der Waals surface area contributed by atoms with Crippen LogP contribution in [0.2, 0.25) is 0 Å². The van der Waals surface area contributed by atoms with Crippen LogP contribution in [0.4, 0.5) is 10.1 Å². The Labute approximate surface area is 197 Å². The summed E-state index contributed by atoms with van der Waals surface area (Å²) in [4.78, 5) is 23.8. The lowest BCUT2D eigenvalue weighted by Gasteiger charge is -2.17. The molecule has 6 nitrogen and oxygen atoms in total. The van der Waals surface area contributed by atoms with Crippen molar-refractivity contribution in [2.24, 2.45) is 0 Å². The van der Waals surface area contributed by atoms with E-state index < -0.39 is 16.7 Å². The Morgan fingerprint density at radius 2 is 1.88 bits per heavy atom. The van der Waals surface area contributed by atoms with Gasteiger partial charge in [-0.05, 0) is 41.3 Å². The third-order valence-corrected chi connectivity index (χ3v) is 5.89. The highest BCUT2D eigenvalue weighted by Gasteiger charge is 2.24. The topological polar surface area (TPSA) is 77.2 Å². The zero-order valence-electron chi connectivity index (χ0n) is 18.9. The number of halogens is 1. The minimum absolute atomic E-state index is 0.0281. The number of aromatic nitrogens is 1. The number of carbonyl (C=O) groups is 1. The van der Waals surface area contributed by atoms with E-state index in [1.54, 1.807) is 24.3 Å². The molecule has 0 fully saturated rings. The SMILES string of the molecule is CCCNC(=O)C[C@@H](c1cccc(F)c1)c1cn(Cc2ccccc2)c2ccc([N+](=O)[O-])cc12. The third kappa shape index (κ3) is 5.14. The van der Waals surface area contributed by atoms with Crippen molar-refractivity contribution in [2.75, 3.05) is 6.54 Å². The van der Waals surface area contributed by atoms with Gasteiger partial charge >= 0.3 is 0 Å². The number of nitro groups is 1. The highest BCUT2D eigenvalue weighted by atomic mass is 19.1. The van der Waals surface area contributed by atoms with E-state index >= 15 is 0 Å². The molecule has 1 atom stereocenters. The molecule has 7 heteroatoms. The molecule has 4 aromatic rings. The molecule has 4 rings (SSSR count). The van der Waals surface area contributed by atoms with Gasteiger partial charge in [0.25, 0.3) is 5.69 Å². The predicted molar refractivity (Wildman–Crippen MR) is 130 cm³/mol. The maximum absolute atomic E-state index is 14.2. The van der Waals surface area contributed by atoms with E-state index in [1.165, 1.54) is 18.2 Å². The van der Waals surface area contributed by atoms with Gasteiger partial charge in [0, 0.05) is 54.7 Å². The van der Waals surface area contributed by atoms with Crippen LogP contribution in [0.5, 0.6) is 0 Å². The van der Waals surface area contributed by atoms with Crippen molar-refractivity contribution in [1.82, 2.24) is 9.88 Å². The average molecular weight is 460 g/mol. The standard InChI is InChI=1S/C27H26FN3O3/c1-2-13-29-27(32)16-23(20-9-6-10-21(28)14-20)25-18-30(17-19-7-4-3-5-8-19)26-12-11-22(31(33)34)15-24(25)26/h3-12,14-15,18,23H,2,13,16-17H2,1H3,(H,29,32)/t23-/m0/s1. The number of nitro benzene ring substituents is 1. The van der Waals surface area contributed by atoms with Crippen molar-refractivity contribution in [3.05, 3.63) is 112 Å². The fourth-order valence-electron chi connectivity index (χ4n) is 4.27. The number of hydrogen-bond acceptors (Lipinski definition) is 3. The number of non-ortho nitro benzene ring substituents is 1. The number of hydrogen-bond donors (Lipinski definition) is 1. The van der Waals surface area contributed by atoms with Crippen molar-refractivity contribution in [2.45, 2.75) is 32.2 Å². The van der Waals surface area contributed by atoms with Crippen LogP contribution in [-0.4, -0.2) is 21.9 Å². The zero-order chi connectivity index (χ0) is 24.1. The van der Waals surface area contributed by atoms with Crippen molar-refractivity contribution in [3.8, 4) is 0 Å². The van der Waals surface area contributed by atoms with Crippen LogP contribution in [0, 0.1) is 15.9 Å². The Morgan fingerprint density at radius 3 is 2.59 bits per heavy atom. The van der Waals surface area contributed by atoms with Gasteiger partial charge in [0.15, 0.2) is 0 Å². The van der Waals surface area contributed by atoms with E-state index in [0.29, 0.717) is 24.0 Å². The molecule has 174 valence electrons. The quantitative estimate of drug-likeness (QED) is 0.254. The van der Waals surface area contributed by atoms with Gasteiger partial charge in [0.2, 0.25) is 5.91 Å². The van der Waals surface area contributed by atoms with Crippen LogP contribution in [0.15, 0.2) is 79.0 Å². The van der Waals surface area contributed by atoms with Gasteiger partial charge in [0.1, 0.15) is 5.82 Å². The number of carbonyl (C=O) groups excluding carboxylic acids is 1. The number of nitrogens with zero attached hydrogens (tertiary/aromatic N) is 2. The lowest BCUT2D eigenvalue weighted by Crippen LogP contribution is -2.26. The fourth-order valence-corrected chi connectivity index (χ4v) is 4.27. The van der Waals surface area contributed by atoms with Gasteiger partial charge in [-0.25, -0.2) is 4.39 Å². The second-order valence-corrected chi connectivity index (χ2v) is 8.32. The molecule has 3 aromatic carbocycles. The minimum atomic E-state index is -0.464. The highest BCUT2D eigenvalue weighted by Crippen LogP contribution is 2.37. The summed E-state index contributed by atoms with van der Waals surface area (Å²) in [6, 6.07) is 20.9. The number of nitrogens with one attached hydrogen (secondary N) is 1. The summed E-state index contributed by atoms with van der Waals surface area (Å²) >= 11 is 0. The Hall–Kier alpha value is -4.00. The van der Waals surface area contributed by atoms with Crippen molar-refractivity contribution < 1.29 is 14.1 Å². The van der Waals surface area contributed by atoms with Gasteiger partial charge in [-0.3, -0.25) is 14.9 Å². The molecule has 1 N–H and O–H groups in total. The molecule has 0 aliphatic heterocycles. The second kappa shape index (κ2) is 10.3. The molecule has 0 unspecified atom stereocenters. The Balaban J connectivity index is 1.86. The molecule has 0 aliphatic rings. The maximum Gasteiger partial charge on any atom is 0.270 e. The maximum atomic E-state index is 14.2. The lowest BCUT2D eigenvalue weighted by atomic mass is 9.88. The van der Waals surface area contributed by atoms with Gasteiger partial charge in [0.05, 0.1) is 4.92 Å². The molecular formula is C27H26FN3O3. The van der Waals surface area contributed by atoms with E-state index in [4.69, 9.17) is 0 Å². The number of rotatable bonds is 9. The van der Waals surface area contributed by atoms with Gasteiger partial charge in [-0.15, -0.1) is 0 Å². The summed E-state index contributed by atoms with van der Waals surface area (Å²) in [6.45, 7) is 3.09. The summed E-state index contributed by atoms with van der Waals surface area (Å²) in [7, 11) is 0. The molecule has 1 aromatic heterocycles. The summed E-state index contributed by atoms with van der Waals surface area (Å²) < 4.78 is 16.2. The van der Waals surface area contributed by atoms with Crippen molar-refractivity contribution in [1.29, 1.82) is 0 Å². The van der Waals surface area contributed by atoms with E-state index in [-0.39, 0.29) is 18.0 Å². The number of benzene rings is 3. The van der Waals surface area contributed by atoms with E-state index in [1.807, 2.05) is 48.0 Å². The van der Waals surface area contributed by atoms with Crippen LogP contribution in [0.25, 0.3) is 10.9 Å². The molecule has 0 bridgehead atoms. The fraction of sp³-hybridized carbons (Fsp3) is 0.222. The summed E-state index contributed by atoms with van der Waals surface area (Å²) in [5, 5.41) is 15.1. The first-order valence-corrected chi connectivity index (χ1v) is 11.3. The summed E-state index contributed by atoms with van der Waals surface area (Å²) in [6.07, 6.45) is 2.85. The Morgan fingerprint density at radius 1 is 1.09 bits per heavy atom. The lowest BCUT2D eigenvalue weighted by molar-refractivity contribution is -0.384. The first kappa shape index (κ1) is 23.2. The third-order valence-electron chi connectivity index (χ3n) is 5.89. The van der Waals surface area contributed by atoms with Crippen LogP contribution >= 0.6 is 0 Å². The highest BCUT2D eigenvalue weighted by molar-refractivity contribution is 5.88. The molecule has 1 amide bonds. The first-order valence-electron chi connectivity index (χ1n) is 11.3. The number of amides is 1. The van der Waals surface area contributed by atoms with Crippen molar-refractivity contribution >= 4 is 22.5 Å². The largest absolute Gasteiger partial charge is 0.356 e. The molecular weight excluding hydrogens is 433 g/mol. The molecule has 0 saturated heterocycles. The van der Waals surface area contributed by atoms with Gasteiger partial charge in [-0.1, -0.05) is 49.4 Å². The summed E-state index contributed by atoms with van der Waals surface area (Å²) in [5.41, 5.74) is 3.27. The first-order chi connectivity index (χ1) is 16.5. The van der Waals surface area contributed by atoms with Crippen LogP contribution in [0.3, 0.4) is 0 Å². The molecule has 0 saturated carbocycles. The van der Waals surface area contributed by atoms with Crippen LogP contribution < -0.4 is 5.32 Å². The van der Waals surface area contributed by atoms with E-state index in [0.717, 1.165) is 23.1 Å². The average Bonchev–Trinajstić information content (AvgIpc) is 3.19. The predicted octanol–water partition coefficient (Wildman–Crippen LogP) is 5.79. The van der Waals surface area contributed by atoms with Crippen LogP contribution in [0.1, 0.15) is 42.4 Å². The van der Waals surface area contributed by atoms with Gasteiger partial charge < -0.3 is 9.88 Å². The van der Waals surface area contributed by atoms with E-state index in [2.05, 4.69) is 5.32 Å². The zero-order valence-corrected chi connectivity index (χ0v) is 18.9. The summed E-state index contributed by atoms with van der Waals surface area (Å²) in [5.74, 6) is -1.00. The molecule has 1 heterocycles. The monoisotopic (exact) mass is 459 g/mol. The molecule has 34 heavy (non-hydrogen) atoms. The minimum Gasteiger partial charge on any atom is -0.356 e. The van der Waals surface area contributed by atoms with Crippen LogP contribution in [-0.2, 0) is 11.3 Å². The smallest absolute Gasteiger partial charge is 0.270 e. The Kier molecular flexibility index (Phi) is 7.01. The second-order valence-electron chi connectivity index (χ2n) is 8.32.